The first-order valence-corrected chi connectivity index (χ1v) is 10.5. The molecule has 1 N–H and O–H groups in total. The monoisotopic (exact) mass is 396 g/mol. The molecular weight excluding hydrogens is 376 g/mol. The van der Waals surface area contributed by atoms with E-state index in [2.05, 4.69) is 9.97 Å². The smallest absolute Gasteiger partial charge is 0.330 e. The molecule has 2 aromatic heterocycles. The van der Waals surface area contributed by atoms with E-state index in [9.17, 15) is 9.59 Å². The second kappa shape index (κ2) is 6.77. The van der Waals surface area contributed by atoms with Gasteiger partial charge in [-0.1, -0.05) is 18.2 Å². The molecule has 2 aliphatic rings. The predicted molar refractivity (Wildman–Crippen MR) is 107 cm³/mol. The van der Waals surface area contributed by atoms with Gasteiger partial charge in [0.2, 0.25) is 0 Å². The summed E-state index contributed by atoms with van der Waals surface area (Å²) in [6, 6.07) is 7.93. The number of para-hydroxylation sites is 1. The summed E-state index contributed by atoms with van der Waals surface area (Å²) >= 11 is 1.49. The van der Waals surface area contributed by atoms with Crippen molar-refractivity contribution in [3.63, 3.8) is 0 Å². The Kier molecular flexibility index (Phi) is 4.23. The summed E-state index contributed by atoms with van der Waals surface area (Å²) in [7, 11) is 1.65. The van der Waals surface area contributed by atoms with Gasteiger partial charge in [0.1, 0.15) is 22.0 Å². The van der Waals surface area contributed by atoms with Crippen molar-refractivity contribution in [2.75, 3.05) is 7.11 Å². The van der Waals surface area contributed by atoms with Crippen LogP contribution in [0.5, 0.6) is 5.75 Å². The number of benzene rings is 1. The van der Waals surface area contributed by atoms with Crippen LogP contribution in [-0.4, -0.2) is 26.6 Å². The molecule has 0 bridgehead atoms. The number of hydrogen-bond acceptors (Lipinski definition) is 6. The molecule has 2 fully saturated rings. The van der Waals surface area contributed by atoms with Crippen molar-refractivity contribution < 1.29 is 4.74 Å². The molecule has 0 amide bonds. The van der Waals surface area contributed by atoms with Gasteiger partial charge in [0, 0.05) is 23.3 Å². The first kappa shape index (κ1) is 17.5. The average molecular weight is 396 g/mol. The molecule has 2 heterocycles. The molecule has 5 rings (SSSR count). The van der Waals surface area contributed by atoms with E-state index in [1.807, 2.05) is 24.3 Å². The Hall–Kier alpha value is -2.61. The number of nitrogens with one attached hydrogen (secondary N) is 1. The standard InChI is InChI=1S/C20H20N4O3S/c1-27-14-5-3-2-4-12(14)10-28-19-15-17(21-16(22-19)11-6-7-11)24(13-8-9-13)20(26)23-18(15)25/h2-5,11,13H,6-10H2,1H3,(H,23,25,26). The summed E-state index contributed by atoms with van der Waals surface area (Å²) in [5.41, 5.74) is 0.722. The topological polar surface area (TPSA) is 89.9 Å². The lowest BCUT2D eigenvalue weighted by atomic mass is 10.2. The summed E-state index contributed by atoms with van der Waals surface area (Å²) in [4.78, 5) is 36.9. The number of nitrogens with zero attached hydrogens (tertiary/aromatic N) is 3. The first-order chi connectivity index (χ1) is 13.7. The number of hydrogen-bond donors (Lipinski definition) is 1. The van der Waals surface area contributed by atoms with Gasteiger partial charge in [-0.25, -0.2) is 14.8 Å². The lowest BCUT2D eigenvalue weighted by Gasteiger charge is -2.12. The molecule has 2 saturated carbocycles. The molecule has 2 aliphatic carbocycles. The molecule has 0 radical (unpaired) electrons. The van der Waals surface area contributed by atoms with Crippen LogP contribution in [0.15, 0.2) is 38.9 Å². The number of ether oxygens (including phenoxy) is 1. The van der Waals surface area contributed by atoms with Gasteiger partial charge in [-0.2, -0.15) is 0 Å². The second-order valence-electron chi connectivity index (χ2n) is 7.32. The van der Waals surface area contributed by atoms with Crippen LogP contribution in [0.25, 0.3) is 11.0 Å². The largest absolute Gasteiger partial charge is 0.496 e. The predicted octanol–water partition coefficient (Wildman–Crippen LogP) is 2.99. The van der Waals surface area contributed by atoms with Gasteiger partial charge >= 0.3 is 5.69 Å². The Morgan fingerprint density at radius 1 is 1.18 bits per heavy atom. The van der Waals surface area contributed by atoms with Crippen molar-refractivity contribution in [2.45, 2.75) is 48.4 Å². The third-order valence-electron chi connectivity index (χ3n) is 5.18. The third-order valence-corrected chi connectivity index (χ3v) is 6.20. The summed E-state index contributed by atoms with van der Waals surface area (Å²) in [5, 5.41) is 1.05. The summed E-state index contributed by atoms with van der Waals surface area (Å²) in [6.07, 6.45) is 3.99. The van der Waals surface area contributed by atoms with E-state index in [0.29, 0.717) is 27.7 Å². The minimum atomic E-state index is -0.415. The molecule has 3 aromatic rings. The first-order valence-electron chi connectivity index (χ1n) is 9.47. The maximum atomic E-state index is 12.7. The third kappa shape index (κ3) is 3.11. The lowest BCUT2D eigenvalue weighted by Crippen LogP contribution is -2.31. The van der Waals surface area contributed by atoms with Gasteiger partial charge in [-0.3, -0.25) is 14.3 Å². The molecule has 0 atom stereocenters. The van der Waals surface area contributed by atoms with Crippen LogP contribution in [0, 0.1) is 0 Å². The number of fused-ring (bicyclic) bond motifs is 1. The van der Waals surface area contributed by atoms with Crippen LogP contribution in [0.2, 0.25) is 0 Å². The number of aromatic nitrogens is 4. The van der Waals surface area contributed by atoms with Crippen molar-refractivity contribution in [1.29, 1.82) is 0 Å². The zero-order chi connectivity index (χ0) is 19.3. The Morgan fingerprint density at radius 3 is 2.68 bits per heavy atom. The average Bonchev–Trinajstić information content (AvgIpc) is 3.59. The fourth-order valence-corrected chi connectivity index (χ4v) is 4.42. The molecular formula is C20H20N4O3S. The van der Waals surface area contributed by atoms with Crippen molar-refractivity contribution in [2.24, 2.45) is 0 Å². The molecule has 8 heteroatoms. The Morgan fingerprint density at radius 2 is 1.96 bits per heavy atom. The van der Waals surface area contributed by atoms with Crippen LogP contribution in [0.3, 0.4) is 0 Å². The highest BCUT2D eigenvalue weighted by Gasteiger charge is 2.32. The van der Waals surface area contributed by atoms with E-state index < -0.39 is 5.56 Å². The summed E-state index contributed by atoms with van der Waals surface area (Å²) < 4.78 is 7.08. The number of rotatable bonds is 6. The molecule has 0 spiro atoms. The summed E-state index contributed by atoms with van der Waals surface area (Å²) in [6.45, 7) is 0. The second-order valence-corrected chi connectivity index (χ2v) is 8.28. The highest BCUT2D eigenvalue weighted by atomic mass is 32.2. The van der Waals surface area contributed by atoms with Gasteiger partial charge in [0.05, 0.1) is 7.11 Å². The van der Waals surface area contributed by atoms with Gasteiger partial charge < -0.3 is 4.74 Å². The molecule has 28 heavy (non-hydrogen) atoms. The zero-order valence-electron chi connectivity index (χ0n) is 15.5. The van der Waals surface area contributed by atoms with Crippen LogP contribution < -0.4 is 16.0 Å². The number of thioether (sulfide) groups is 1. The van der Waals surface area contributed by atoms with Crippen LogP contribution >= 0.6 is 11.8 Å². The Balaban J connectivity index is 1.64. The molecule has 0 aliphatic heterocycles. The van der Waals surface area contributed by atoms with Crippen molar-refractivity contribution in [1.82, 2.24) is 19.5 Å². The van der Waals surface area contributed by atoms with E-state index in [1.54, 1.807) is 11.7 Å². The SMILES string of the molecule is COc1ccccc1CSc1nc(C2CC2)nc2c1c(=O)[nH]c(=O)n2C1CC1. The normalized spacial score (nSPS) is 16.5. The Bertz CT molecular complexity index is 1180. The molecule has 0 saturated heterocycles. The Labute approximate surface area is 165 Å². The maximum absolute atomic E-state index is 12.7. The number of H-pyrrole nitrogens is 1. The summed E-state index contributed by atoms with van der Waals surface area (Å²) in [5.74, 6) is 2.49. The van der Waals surface area contributed by atoms with E-state index in [-0.39, 0.29) is 11.7 Å². The highest BCUT2D eigenvalue weighted by Crippen LogP contribution is 2.41. The fraction of sp³-hybridized carbons (Fsp3) is 0.400. The van der Waals surface area contributed by atoms with Crippen molar-refractivity contribution in [3.8, 4) is 5.75 Å². The van der Waals surface area contributed by atoms with E-state index in [4.69, 9.17) is 9.72 Å². The van der Waals surface area contributed by atoms with Crippen molar-refractivity contribution in [3.05, 3.63) is 56.5 Å². The number of aromatic amines is 1. The maximum Gasteiger partial charge on any atom is 0.330 e. The zero-order valence-corrected chi connectivity index (χ0v) is 16.3. The molecule has 7 nitrogen and oxygen atoms in total. The van der Waals surface area contributed by atoms with Gasteiger partial charge in [-0.15, -0.1) is 11.8 Å². The van der Waals surface area contributed by atoms with Crippen LogP contribution in [0.1, 0.15) is 49.0 Å². The fourth-order valence-electron chi connectivity index (χ4n) is 3.40. The lowest BCUT2D eigenvalue weighted by molar-refractivity contribution is 0.411. The molecule has 0 unspecified atom stereocenters. The van der Waals surface area contributed by atoms with Gasteiger partial charge in [-0.05, 0) is 31.7 Å². The van der Waals surface area contributed by atoms with E-state index >= 15 is 0 Å². The van der Waals surface area contributed by atoms with E-state index in [1.165, 1.54) is 11.8 Å². The number of methoxy groups -OCH3 is 1. The molecule has 144 valence electrons. The van der Waals surface area contributed by atoms with Gasteiger partial charge in [0.25, 0.3) is 5.56 Å². The van der Waals surface area contributed by atoms with Crippen LogP contribution in [-0.2, 0) is 5.75 Å². The van der Waals surface area contributed by atoms with Crippen molar-refractivity contribution >= 4 is 22.8 Å². The minimum Gasteiger partial charge on any atom is -0.496 e. The van der Waals surface area contributed by atoms with E-state index in [0.717, 1.165) is 42.8 Å². The minimum absolute atomic E-state index is 0.126. The quantitative estimate of drug-likeness (QED) is 0.509. The van der Waals surface area contributed by atoms with Crippen LogP contribution in [0.4, 0.5) is 0 Å². The van der Waals surface area contributed by atoms with Gasteiger partial charge in [0.15, 0.2) is 5.65 Å². The highest BCUT2D eigenvalue weighted by molar-refractivity contribution is 7.98. The molecule has 1 aromatic carbocycles.